The van der Waals surface area contributed by atoms with E-state index in [9.17, 15) is 5.11 Å². The fourth-order valence-corrected chi connectivity index (χ4v) is 3.28. The Morgan fingerprint density at radius 3 is 2.57 bits per heavy atom. The van der Waals surface area contributed by atoms with Crippen LogP contribution in [0.3, 0.4) is 0 Å². The summed E-state index contributed by atoms with van der Waals surface area (Å²) in [7, 11) is 0. The molecule has 0 aliphatic carbocycles. The SMILES string of the molecule is CC(C)Nc1nc(C(C)O)cc2cnc(Nc3ccc(N4CCNCC4)nn3)nc12. The molecular formula is C20H27N9O. The minimum absolute atomic E-state index is 0.166. The third-order valence-electron chi connectivity index (χ3n) is 4.77. The maximum Gasteiger partial charge on any atom is 0.229 e. The highest BCUT2D eigenvalue weighted by atomic mass is 16.3. The minimum atomic E-state index is -0.676. The van der Waals surface area contributed by atoms with E-state index in [0.29, 0.717) is 28.8 Å². The van der Waals surface area contributed by atoms with Gasteiger partial charge in [-0.25, -0.2) is 15.0 Å². The maximum absolute atomic E-state index is 9.94. The van der Waals surface area contributed by atoms with E-state index in [4.69, 9.17) is 0 Å². The average molecular weight is 409 g/mol. The number of nitrogens with zero attached hydrogens (tertiary/aromatic N) is 6. The summed E-state index contributed by atoms with van der Waals surface area (Å²) >= 11 is 0. The molecule has 0 spiro atoms. The van der Waals surface area contributed by atoms with Gasteiger partial charge in [0, 0.05) is 43.8 Å². The van der Waals surface area contributed by atoms with Crippen molar-refractivity contribution >= 4 is 34.3 Å². The zero-order chi connectivity index (χ0) is 21.1. The summed E-state index contributed by atoms with van der Waals surface area (Å²) in [5.41, 5.74) is 1.25. The van der Waals surface area contributed by atoms with Crippen LogP contribution in [-0.2, 0) is 0 Å². The first-order valence-corrected chi connectivity index (χ1v) is 10.2. The van der Waals surface area contributed by atoms with Crippen molar-refractivity contribution in [3.8, 4) is 0 Å². The Hall–Kier alpha value is -3.11. The first-order chi connectivity index (χ1) is 14.5. The molecule has 10 nitrogen and oxygen atoms in total. The predicted octanol–water partition coefficient (Wildman–Crippen LogP) is 1.84. The largest absolute Gasteiger partial charge is 0.387 e. The summed E-state index contributed by atoms with van der Waals surface area (Å²) < 4.78 is 0. The topological polar surface area (TPSA) is 124 Å². The Balaban J connectivity index is 1.59. The van der Waals surface area contributed by atoms with Gasteiger partial charge in [-0.1, -0.05) is 0 Å². The fourth-order valence-electron chi connectivity index (χ4n) is 3.28. The highest BCUT2D eigenvalue weighted by Crippen LogP contribution is 2.25. The van der Waals surface area contributed by atoms with Crippen LogP contribution in [0, 0.1) is 0 Å². The van der Waals surface area contributed by atoms with Gasteiger partial charge in [0.05, 0.1) is 11.8 Å². The highest BCUT2D eigenvalue weighted by molar-refractivity contribution is 5.89. The molecule has 1 aliphatic heterocycles. The van der Waals surface area contributed by atoms with E-state index in [2.05, 4.69) is 46.0 Å². The summed E-state index contributed by atoms with van der Waals surface area (Å²) in [4.78, 5) is 15.7. The molecule has 0 amide bonds. The molecule has 0 bridgehead atoms. The predicted molar refractivity (Wildman–Crippen MR) is 117 cm³/mol. The number of fused-ring (bicyclic) bond motifs is 1. The smallest absolute Gasteiger partial charge is 0.229 e. The van der Waals surface area contributed by atoms with Gasteiger partial charge in [-0.05, 0) is 39.0 Å². The first kappa shape index (κ1) is 20.2. The normalized spacial score (nSPS) is 15.4. The Bertz CT molecular complexity index is 1000. The maximum atomic E-state index is 9.94. The van der Waals surface area contributed by atoms with Crippen molar-refractivity contribution in [1.29, 1.82) is 0 Å². The van der Waals surface area contributed by atoms with Gasteiger partial charge in [-0.15, -0.1) is 10.2 Å². The van der Waals surface area contributed by atoms with Gasteiger partial charge in [0.1, 0.15) is 5.52 Å². The number of hydrogen-bond donors (Lipinski definition) is 4. The van der Waals surface area contributed by atoms with Crippen LogP contribution in [0.25, 0.3) is 10.9 Å². The van der Waals surface area contributed by atoms with Crippen LogP contribution in [0.5, 0.6) is 0 Å². The first-order valence-electron chi connectivity index (χ1n) is 10.2. The number of rotatable bonds is 6. The average Bonchev–Trinajstić information content (AvgIpc) is 2.74. The quantitative estimate of drug-likeness (QED) is 0.479. The van der Waals surface area contributed by atoms with Gasteiger partial charge >= 0.3 is 0 Å². The van der Waals surface area contributed by atoms with Crippen molar-refractivity contribution in [1.82, 2.24) is 30.5 Å². The number of aliphatic hydroxyl groups is 1. The Morgan fingerprint density at radius 1 is 1.10 bits per heavy atom. The highest BCUT2D eigenvalue weighted by Gasteiger charge is 2.14. The third-order valence-corrected chi connectivity index (χ3v) is 4.77. The lowest BCUT2D eigenvalue weighted by Gasteiger charge is -2.27. The molecule has 10 heteroatoms. The number of aromatic nitrogens is 5. The number of anilines is 4. The second-order valence-electron chi connectivity index (χ2n) is 7.64. The molecule has 1 saturated heterocycles. The van der Waals surface area contributed by atoms with Crippen molar-refractivity contribution in [2.45, 2.75) is 32.9 Å². The molecule has 4 heterocycles. The molecule has 4 N–H and O–H groups in total. The van der Waals surface area contributed by atoms with Crippen LogP contribution in [0.15, 0.2) is 24.4 Å². The second-order valence-corrected chi connectivity index (χ2v) is 7.64. The van der Waals surface area contributed by atoms with Crippen LogP contribution < -0.4 is 20.9 Å². The summed E-state index contributed by atoms with van der Waals surface area (Å²) in [5.74, 6) is 2.45. The number of piperazine rings is 1. The van der Waals surface area contributed by atoms with Crippen LogP contribution in [0.1, 0.15) is 32.6 Å². The number of pyridine rings is 1. The molecule has 30 heavy (non-hydrogen) atoms. The van der Waals surface area contributed by atoms with E-state index in [1.807, 2.05) is 26.0 Å². The van der Waals surface area contributed by atoms with Crippen LogP contribution in [0.2, 0.25) is 0 Å². The second kappa shape index (κ2) is 8.72. The van der Waals surface area contributed by atoms with Crippen molar-refractivity contribution in [2.24, 2.45) is 0 Å². The summed E-state index contributed by atoms with van der Waals surface area (Å²) in [5, 5.41) is 29.1. The fraction of sp³-hybridized carbons (Fsp3) is 0.450. The molecule has 158 valence electrons. The van der Waals surface area contributed by atoms with Crippen LogP contribution >= 0.6 is 0 Å². The van der Waals surface area contributed by atoms with E-state index in [0.717, 1.165) is 37.4 Å². The number of aliphatic hydroxyl groups excluding tert-OH is 1. The Morgan fingerprint density at radius 2 is 1.90 bits per heavy atom. The van der Waals surface area contributed by atoms with Crippen molar-refractivity contribution in [3.63, 3.8) is 0 Å². The molecule has 4 rings (SSSR count). The molecule has 3 aromatic heterocycles. The standard InChI is InChI=1S/C20H27N9O/c1-12(2)23-19-18-14(10-15(24-19)13(3)30)11-22-20(26-18)25-16-4-5-17(28-27-16)29-8-6-21-7-9-29/h4-5,10-13,21,30H,6-9H2,1-3H3,(H,23,24)(H,22,25,26,27). The van der Waals surface area contributed by atoms with Crippen molar-refractivity contribution < 1.29 is 5.11 Å². The molecule has 0 aromatic carbocycles. The lowest BCUT2D eigenvalue weighted by Crippen LogP contribution is -2.43. The van der Waals surface area contributed by atoms with Gasteiger partial charge in [0.2, 0.25) is 5.95 Å². The van der Waals surface area contributed by atoms with E-state index in [1.54, 1.807) is 19.2 Å². The molecule has 1 aliphatic rings. The lowest BCUT2D eigenvalue weighted by atomic mass is 10.2. The lowest BCUT2D eigenvalue weighted by molar-refractivity contribution is 0.194. The van der Waals surface area contributed by atoms with E-state index in [-0.39, 0.29) is 6.04 Å². The zero-order valence-corrected chi connectivity index (χ0v) is 17.4. The third kappa shape index (κ3) is 4.55. The molecule has 1 atom stereocenters. The summed E-state index contributed by atoms with van der Waals surface area (Å²) in [6.07, 6.45) is 1.04. The number of nitrogens with one attached hydrogen (secondary N) is 3. The monoisotopic (exact) mass is 409 g/mol. The van der Waals surface area contributed by atoms with E-state index >= 15 is 0 Å². The van der Waals surface area contributed by atoms with Crippen molar-refractivity contribution in [3.05, 3.63) is 30.1 Å². The van der Waals surface area contributed by atoms with Gasteiger partial charge < -0.3 is 26.0 Å². The van der Waals surface area contributed by atoms with Crippen molar-refractivity contribution in [2.75, 3.05) is 41.7 Å². The van der Waals surface area contributed by atoms with E-state index < -0.39 is 6.10 Å². The van der Waals surface area contributed by atoms with Gasteiger partial charge in [-0.2, -0.15) is 0 Å². The molecule has 0 saturated carbocycles. The van der Waals surface area contributed by atoms with Crippen LogP contribution in [-0.4, -0.2) is 62.5 Å². The molecule has 3 aromatic rings. The molecular weight excluding hydrogens is 382 g/mol. The summed E-state index contributed by atoms with van der Waals surface area (Å²) in [6.45, 7) is 9.47. The molecule has 1 unspecified atom stereocenters. The Kier molecular flexibility index (Phi) is 5.86. The van der Waals surface area contributed by atoms with Gasteiger partial charge in [-0.3, -0.25) is 0 Å². The Labute approximate surface area is 175 Å². The number of hydrogen-bond acceptors (Lipinski definition) is 10. The van der Waals surface area contributed by atoms with Gasteiger partial charge in [0.15, 0.2) is 17.5 Å². The molecule has 0 radical (unpaired) electrons. The zero-order valence-electron chi connectivity index (χ0n) is 17.4. The summed E-state index contributed by atoms with van der Waals surface area (Å²) in [6, 6.07) is 5.79. The van der Waals surface area contributed by atoms with E-state index in [1.165, 1.54) is 0 Å². The van der Waals surface area contributed by atoms with Gasteiger partial charge in [0.25, 0.3) is 0 Å². The van der Waals surface area contributed by atoms with Crippen LogP contribution in [0.4, 0.5) is 23.4 Å². The minimum Gasteiger partial charge on any atom is -0.387 e. The molecule has 1 fully saturated rings.